The molecule has 1 atom stereocenters. The van der Waals surface area contributed by atoms with Crippen LogP contribution in [0, 0.1) is 5.92 Å². The number of rotatable bonds is 4. The third-order valence-corrected chi connectivity index (χ3v) is 4.88. The summed E-state index contributed by atoms with van der Waals surface area (Å²) in [5.74, 6) is 2.02. The maximum absolute atomic E-state index is 11.9. The lowest BCUT2D eigenvalue weighted by Gasteiger charge is -2.23. The lowest BCUT2D eigenvalue weighted by Crippen LogP contribution is -2.31. The Balaban J connectivity index is 1.52. The number of fused-ring (bicyclic) bond motifs is 2. The lowest BCUT2D eigenvalue weighted by atomic mass is 10.0. The van der Waals surface area contributed by atoms with E-state index >= 15 is 0 Å². The van der Waals surface area contributed by atoms with Crippen LogP contribution < -0.4 is 14.8 Å². The van der Waals surface area contributed by atoms with Crippen molar-refractivity contribution in [3.63, 3.8) is 0 Å². The largest absolute Gasteiger partial charge is 0.454 e. The Morgan fingerprint density at radius 2 is 2.12 bits per heavy atom. The zero-order chi connectivity index (χ0) is 17.2. The molecule has 132 valence electrons. The molecule has 6 nitrogen and oxygen atoms in total. The van der Waals surface area contributed by atoms with Crippen LogP contribution in [0.3, 0.4) is 0 Å². The van der Waals surface area contributed by atoms with Gasteiger partial charge in [0.05, 0.1) is 0 Å². The molecule has 0 aliphatic carbocycles. The SMILES string of the molecule is CNC(=O)CC1CN(Cc2ccc3c(c2)OCO3)Cc2cccn2C1. The van der Waals surface area contributed by atoms with Gasteiger partial charge in [0.1, 0.15) is 0 Å². The summed E-state index contributed by atoms with van der Waals surface area (Å²) in [6.07, 6.45) is 2.65. The zero-order valence-electron chi connectivity index (χ0n) is 14.4. The van der Waals surface area contributed by atoms with E-state index in [1.54, 1.807) is 7.05 Å². The van der Waals surface area contributed by atoms with Gasteiger partial charge in [-0.2, -0.15) is 0 Å². The third kappa shape index (κ3) is 3.49. The third-order valence-electron chi connectivity index (χ3n) is 4.88. The molecule has 1 N–H and O–H groups in total. The highest BCUT2D eigenvalue weighted by Crippen LogP contribution is 2.33. The van der Waals surface area contributed by atoms with Crippen molar-refractivity contribution < 1.29 is 14.3 Å². The van der Waals surface area contributed by atoms with E-state index in [0.717, 1.165) is 37.7 Å². The smallest absolute Gasteiger partial charge is 0.231 e. The predicted octanol–water partition coefficient (Wildman–Crippen LogP) is 1.98. The molecule has 3 heterocycles. The Labute approximate surface area is 147 Å². The van der Waals surface area contributed by atoms with Gasteiger partial charge in [0.15, 0.2) is 11.5 Å². The molecule has 4 rings (SSSR count). The van der Waals surface area contributed by atoms with Gasteiger partial charge in [-0.05, 0) is 35.7 Å². The first-order valence-corrected chi connectivity index (χ1v) is 8.67. The minimum Gasteiger partial charge on any atom is -0.454 e. The number of nitrogens with one attached hydrogen (secondary N) is 1. The van der Waals surface area contributed by atoms with Crippen molar-refractivity contribution in [2.45, 2.75) is 26.1 Å². The van der Waals surface area contributed by atoms with Gasteiger partial charge in [0, 0.05) is 51.5 Å². The van der Waals surface area contributed by atoms with E-state index in [4.69, 9.17) is 9.47 Å². The van der Waals surface area contributed by atoms with E-state index in [1.807, 2.05) is 6.07 Å². The van der Waals surface area contributed by atoms with Gasteiger partial charge < -0.3 is 19.4 Å². The molecule has 0 fully saturated rings. The molecule has 0 spiro atoms. The standard InChI is InChI=1S/C19H23N3O3/c1-20-19(23)8-15-10-21(12-16-3-2-6-22(16)11-15)9-14-4-5-17-18(7-14)25-13-24-17/h2-7,15H,8-13H2,1H3,(H,20,23). The lowest BCUT2D eigenvalue weighted by molar-refractivity contribution is -0.121. The van der Waals surface area contributed by atoms with Crippen LogP contribution in [-0.4, -0.2) is 35.8 Å². The average molecular weight is 341 g/mol. The molecular formula is C19H23N3O3. The first kappa shape index (κ1) is 16.0. The molecule has 2 aromatic rings. The number of aromatic nitrogens is 1. The normalized spacial score (nSPS) is 19.3. The number of carbonyl (C=O) groups excluding carboxylic acids is 1. The molecule has 0 saturated heterocycles. The summed E-state index contributed by atoms with van der Waals surface area (Å²) in [6.45, 7) is 3.78. The summed E-state index contributed by atoms with van der Waals surface area (Å²) < 4.78 is 13.1. The summed E-state index contributed by atoms with van der Waals surface area (Å²) in [7, 11) is 1.70. The van der Waals surface area contributed by atoms with Crippen molar-refractivity contribution in [2.75, 3.05) is 20.4 Å². The fourth-order valence-electron chi connectivity index (χ4n) is 3.68. The maximum atomic E-state index is 11.9. The van der Waals surface area contributed by atoms with Crippen molar-refractivity contribution in [1.29, 1.82) is 0 Å². The fourth-order valence-corrected chi connectivity index (χ4v) is 3.68. The maximum Gasteiger partial charge on any atom is 0.231 e. The topological polar surface area (TPSA) is 55.7 Å². The molecule has 1 aromatic carbocycles. The van der Waals surface area contributed by atoms with Crippen LogP contribution in [-0.2, 0) is 24.4 Å². The van der Waals surface area contributed by atoms with Crippen LogP contribution in [0.2, 0.25) is 0 Å². The fraction of sp³-hybridized carbons (Fsp3) is 0.421. The van der Waals surface area contributed by atoms with E-state index in [-0.39, 0.29) is 5.91 Å². The summed E-state index contributed by atoms with van der Waals surface area (Å²) >= 11 is 0. The Morgan fingerprint density at radius 1 is 1.24 bits per heavy atom. The van der Waals surface area contributed by atoms with Gasteiger partial charge in [-0.3, -0.25) is 9.69 Å². The molecule has 25 heavy (non-hydrogen) atoms. The number of ether oxygens (including phenoxy) is 2. The van der Waals surface area contributed by atoms with Gasteiger partial charge in [0.2, 0.25) is 12.7 Å². The number of nitrogens with zero attached hydrogens (tertiary/aromatic N) is 2. The minimum absolute atomic E-state index is 0.101. The summed E-state index contributed by atoms with van der Waals surface area (Å²) in [6, 6.07) is 10.4. The van der Waals surface area contributed by atoms with Gasteiger partial charge in [0.25, 0.3) is 0 Å². The Bertz CT molecular complexity index is 771. The van der Waals surface area contributed by atoms with E-state index in [9.17, 15) is 4.79 Å². The van der Waals surface area contributed by atoms with Crippen LogP contribution in [0.1, 0.15) is 17.7 Å². The quantitative estimate of drug-likeness (QED) is 0.924. The highest BCUT2D eigenvalue weighted by molar-refractivity contribution is 5.75. The number of benzene rings is 1. The van der Waals surface area contributed by atoms with Crippen molar-refractivity contribution in [3.8, 4) is 11.5 Å². The van der Waals surface area contributed by atoms with Crippen molar-refractivity contribution in [1.82, 2.24) is 14.8 Å². The summed E-state index contributed by atoms with van der Waals surface area (Å²) in [5, 5.41) is 2.75. The van der Waals surface area contributed by atoms with E-state index < -0.39 is 0 Å². The second-order valence-electron chi connectivity index (χ2n) is 6.75. The molecule has 1 amide bonds. The zero-order valence-corrected chi connectivity index (χ0v) is 14.4. The molecule has 2 aliphatic heterocycles. The molecule has 1 aromatic heterocycles. The number of hydrogen-bond acceptors (Lipinski definition) is 4. The molecule has 0 saturated carbocycles. The van der Waals surface area contributed by atoms with Crippen LogP contribution in [0.15, 0.2) is 36.5 Å². The molecule has 6 heteroatoms. The first-order valence-electron chi connectivity index (χ1n) is 8.67. The highest BCUT2D eigenvalue weighted by atomic mass is 16.7. The second kappa shape index (κ2) is 6.80. The van der Waals surface area contributed by atoms with Gasteiger partial charge >= 0.3 is 0 Å². The Kier molecular flexibility index (Phi) is 4.36. The number of amides is 1. The number of carbonyl (C=O) groups is 1. The molecular weight excluding hydrogens is 318 g/mol. The average Bonchev–Trinajstić information content (AvgIpc) is 3.20. The number of hydrogen-bond donors (Lipinski definition) is 1. The Morgan fingerprint density at radius 3 is 3.00 bits per heavy atom. The van der Waals surface area contributed by atoms with Crippen molar-refractivity contribution in [2.24, 2.45) is 5.92 Å². The van der Waals surface area contributed by atoms with Gasteiger partial charge in [-0.15, -0.1) is 0 Å². The van der Waals surface area contributed by atoms with Crippen molar-refractivity contribution in [3.05, 3.63) is 47.8 Å². The van der Waals surface area contributed by atoms with Gasteiger partial charge in [-0.1, -0.05) is 6.07 Å². The first-order chi connectivity index (χ1) is 12.2. The monoisotopic (exact) mass is 341 g/mol. The predicted molar refractivity (Wildman–Crippen MR) is 93.3 cm³/mol. The minimum atomic E-state index is 0.101. The van der Waals surface area contributed by atoms with E-state index in [1.165, 1.54) is 11.3 Å². The van der Waals surface area contributed by atoms with Crippen LogP contribution in [0.25, 0.3) is 0 Å². The molecule has 0 radical (unpaired) electrons. The van der Waals surface area contributed by atoms with Crippen LogP contribution >= 0.6 is 0 Å². The van der Waals surface area contributed by atoms with Gasteiger partial charge in [-0.25, -0.2) is 0 Å². The van der Waals surface area contributed by atoms with E-state index in [0.29, 0.717) is 19.1 Å². The van der Waals surface area contributed by atoms with Crippen molar-refractivity contribution >= 4 is 5.91 Å². The highest BCUT2D eigenvalue weighted by Gasteiger charge is 2.24. The summed E-state index contributed by atoms with van der Waals surface area (Å²) in [4.78, 5) is 14.3. The molecule has 1 unspecified atom stereocenters. The molecule has 2 aliphatic rings. The Hall–Kier alpha value is -2.47. The summed E-state index contributed by atoms with van der Waals surface area (Å²) in [5.41, 5.74) is 2.49. The second-order valence-corrected chi connectivity index (χ2v) is 6.75. The van der Waals surface area contributed by atoms with E-state index in [2.05, 4.69) is 45.2 Å². The molecule has 0 bridgehead atoms. The van der Waals surface area contributed by atoms with Crippen LogP contribution in [0.5, 0.6) is 11.5 Å². The van der Waals surface area contributed by atoms with Crippen LogP contribution in [0.4, 0.5) is 0 Å².